The van der Waals surface area contributed by atoms with E-state index < -0.39 is 11.9 Å². The van der Waals surface area contributed by atoms with E-state index in [1.54, 1.807) is 17.4 Å². The Kier molecular flexibility index (Phi) is 6.40. The average molecular weight is 490 g/mol. The van der Waals surface area contributed by atoms with Gasteiger partial charge in [-0.15, -0.1) is 11.3 Å². The molecule has 1 aliphatic carbocycles. The summed E-state index contributed by atoms with van der Waals surface area (Å²) in [5.41, 5.74) is 4.42. The summed E-state index contributed by atoms with van der Waals surface area (Å²) in [6.45, 7) is 2.04. The van der Waals surface area contributed by atoms with Gasteiger partial charge in [-0.2, -0.15) is 0 Å². The lowest BCUT2D eigenvalue weighted by Gasteiger charge is -2.36. The number of ketones is 1. The van der Waals surface area contributed by atoms with Gasteiger partial charge in [-0.25, -0.2) is 4.79 Å². The van der Waals surface area contributed by atoms with Crippen LogP contribution in [0.15, 0.2) is 94.7 Å². The molecule has 2 aliphatic rings. The molecule has 172 valence electrons. The van der Waals surface area contributed by atoms with Gasteiger partial charge in [-0.1, -0.05) is 60.1 Å². The highest BCUT2D eigenvalue weighted by Crippen LogP contribution is 2.46. The Labute approximate surface area is 207 Å². The third-order valence-corrected chi connectivity index (χ3v) is 7.66. The Morgan fingerprint density at radius 3 is 2.65 bits per heavy atom. The van der Waals surface area contributed by atoms with Crippen LogP contribution in [0.5, 0.6) is 0 Å². The SMILES string of the molecule is CC1=C(C(=O)OCc2ccccc2)[C@@H](c2cccc(Cl)c2)C2=C(C[C@H](c3cccs3)CC2=O)N1. The zero-order chi connectivity index (χ0) is 23.7. The number of rotatable bonds is 5. The minimum absolute atomic E-state index is 0.0537. The van der Waals surface area contributed by atoms with Crippen LogP contribution in [0.4, 0.5) is 0 Å². The Hall–Kier alpha value is -3.15. The molecule has 0 radical (unpaired) electrons. The topological polar surface area (TPSA) is 55.4 Å². The number of ether oxygens (including phenoxy) is 1. The highest BCUT2D eigenvalue weighted by molar-refractivity contribution is 7.10. The summed E-state index contributed by atoms with van der Waals surface area (Å²) in [7, 11) is 0. The number of hydrogen-bond acceptors (Lipinski definition) is 5. The van der Waals surface area contributed by atoms with Gasteiger partial charge >= 0.3 is 5.97 Å². The molecule has 1 N–H and O–H groups in total. The van der Waals surface area contributed by atoms with Crippen molar-refractivity contribution in [2.24, 2.45) is 0 Å². The van der Waals surface area contributed by atoms with Crippen molar-refractivity contribution in [1.29, 1.82) is 0 Å². The molecular formula is C28H24ClNO3S. The molecule has 0 unspecified atom stereocenters. The molecule has 0 saturated heterocycles. The zero-order valence-electron chi connectivity index (χ0n) is 18.7. The molecule has 0 bridgehead atoms. The van der Waals surface area contributed by atoms with Gasteiger partial charge in [0.25, 0.3) is 0 Å². The molecule has 2 atom stereocenters. The van der Waals surface area contributed by atoms with Gasteiger partial charge in [0, 0.05) is 45.1 Å². The van der Waals surface area contributed by atoms with Crippen molar-refractivity contribution in [3.8, 4) is 0 Å². The molecule has 1 aliphatic heterocycles. The van der Waals surface area contributed by atoms with E-state index >= 15 is 0 Å². The van der Waals surface area contributed by atoms with Gasteiger partial charge < -0.3 is 10.1 Å². The summed E-state index contributed by atoms with van der Waals surface area (Å²) >= 11 is 8.00. The van der Waals surface area contributed by atoms with Crippen molar-refractivity contribution in [2.75, 3.05) is 0 Å². The number of dihydropyridines is 1. The summed E-state index contributed by atoms with van der Waals surface area (Å²) in [5, 5.41) is 6.00. The maximum atomic E-state index is 13.6. The molecular weight excluding hydrogens is 466 g/mol. The number of carbonyl (C=O) groups is 2. The van der Waals surface area contributed by atoms with Gasteiger partial charge in [-0.05, 0) is 48.1 Å². The average Bonchev–Trinajstić information content (AvgIpc) is 3.37. The van der Waals surface area contributed by atoms with Crippen LogP contribution in [0.3, 0.4) is 0 Å². The Morgan fingerprint density at radius 1 is 1.09 bits per heavy atom. The fraction of sp³-hybridized carbons (Fsp3) is 0.214. The fourth-order valence-corrected chi connectivity index (χ4v) is 5.88. The predicted molar refractivity (Wildman–Crippen MR) is 135 cm³/mol. The number of halogens is 1. The van der Waals surface area contributed by atoms with Gasteiger partial charge in [0.1, 0.15) is 6.61 Å². The smallest absolute Gasteiger partial charge is 0.337 e. The summed E-state index contributed by atoms with van der Waals surface area (Å²) in [5.74, 6) is -0.760. The third-order valence-electron chi connectivity index (χ3n) is 6.39. The van der Waals surface area contributed by atoms with E-state index in [0.29, 0.717) is 28.3 Å². The van der Waals surface area contributed by atoms with E-state index in [0.717, 1.165) is 23.2 Å². The first-order valence-electron chi connectivity index (χ1n) is 11.2. The van der Waals surface area contributed by atoms with Gasteiger partial charge in [0.15, 0.2) is 5.78 Å². The maximum Gasteiger partial charge on any atom is 0.337 e. The molecule has 0 fully saturated rings. The monoisotopic (exact) mass is 489 g/mol. The Balaban J connectivity index is 1.52. The van der Waals surface area contributed by atoms with Crippen LogP contribution in [-0.2, 0) is 20.9 Å². The van der Waals surface area contributed by atoms with Crippen molar-refractivity contribution in [2.45, 2.75) is 38.2 Å². The molecule has 0 saturated carbocycles. The van der Waals surface area contributed by atoms with Gasteiger partial charge in [0.2, 0.25) is 0 Å². The van der Waals surface area contributed by atoms with Crippen LogP contribution in [0.2, 0.25) is 5.02 Å². The molecule has 0 amide bonds. The van der Waals surface area contributed by atoms with Crippen LogP contribution in [0, 0.1) is 0 Å². The molecule has 2 heterocycles. The quantitative estimate of drug-likeness (QED) is 0.415. The Morgan fingerprint density at radius 2 is 1.91 bits per heavy atom. The lowest BCUT2D eigenvalue weighted by molar-refractivity contribution is -0.140. The number of thiophene rings is 1. The van der Waals surface area contributed by atoms with Crippen molar-refractivity contribution in [3.63, 3.8) is 0 Å². The zero-order valence-corrected chi connectivity index (χ0v) is 20.3. The second kappa shape index (κ2) is 9.61. The number of esters is 1. The highest BCUT2D eigenvalue weighted by atomic mass is 35.5. The maximum absolute atomic E-state index is 13.6. The summed E-state index contributed by atoms with van der Waals surface area (Å²) in [6.07, 6.45) is 1.14. The predicted octanol–water partition coefficient (Wildman–Crippen LogP) is 6.51. The molecule has 2 aromatic carbocycles. The van der Waals surface area contributed by atoms with E-state index in [-0.39, 0.29) is 18.3 Å². The number of benzene rings is 2. The summed E-state index contributed by atoms with van der Waals surface area (Å²) < 4.78 is 5.71. The standard InChI is InChI=1S/C28H24ClNO3S/c1-17-25(28(32)33-16-18-7-3-2-4-8-18)26(19-9-5-10-21(29)13-19)27-22(30-17)14-20(15-23(27)31)24-11-6-12-34-24/h2-13,20,26,30H,14-16H2,1H3/t20-,26+/m0/s1. The lowest BCUT2D eigenvalue weighted by atomic mass is 9.72. The van der Waals surface area contributed by atoms with E-state index in [1.807, 2.05) is 66.9 Å². The molecule has 34 heavy (non-hydrogen) atoms. The van der Waals surface area contributed by atoms with E-state index in [9.17, 15) is 9.59 Å². The third kappa shape index (κ3) is 4.46. The molecule has 5 rings (SSSR count). The van der Waals surface area contributed by atoms with Crippen molar-refractivity contribution in [3.05, 3.63) is 116 Å². The number of allylic oxidation sites excluding steroid dienone is 3. The Bertz CT molecular complexity index is 1290. The van der Waals surface area contributed by atoms with Crippen LogP contribution in [0.1, 0.15) is 47.6 Å². The number of carbonyl (C=O) groups excluding carboxylic acids is 2. The van der Waals surface area contributed by atoms with Crippen molar-refractivity contribution in [1.82, 2.24) is 5.32 Å². The van der Waals surface area contributed by atoms with E-state index in [1.165, 1.54) is 4.88 Å². The van der Waals surface area contributed by atoms with E-state index in [2.05, 4.69) is 11.4 Å². The van der Waals surface area contributed by atoms with Gasteiger partial charge in [0.05, 0.1) is 5.57 Å². The van der Waals surface area contributed by atoms with Crippen molar-refractivity contribution < 1.29 is 14.3 Å². The molecule has 0 spiro atoms. The van der Waals surface area contributed by atoms with Gasteiger partial charge in [-0.3, -0.25) is 4.79 Å². The number of nitrogens with one attached hydrogen (secondary N) is 1. The summed E-state index contributed by atoms with van der Waals surface area (Å²) in [4.78, 5) is 28.2. The minimum atomic E-state index is -0.519. The van der Waals surface area contributed by atoms with Crippen LogP contribution >= 0.6 is 22.9 Å². The van der Waals surface area contributed by atoms with E-state index in [4.69, 9.17) is 16.3 Å². The van der Waals surface area contributed by atoms with Crippen LogP contribution < -0.4 is 5.32 Å². The molecule has 1 aromatic heterocycles. The largest absolute Gasteiger partial charge is 0.457 e. The minimum Gasteiger partial charge on any atom is -0.457 e. The van der Waals surface area contributed by atoms with Crippen molar-refractivity contribution >= 4 is 34.7 Å². The number of Topliss-reactive ketones (excluding diaryl/α,β-unsaturated/α-hetero) is 1. The first kappa shape index (κ1) is 22.6. The molecule has 6 heteroatoms. The fourth-order valence-electron chi connectivity index (χ4n) is 4.85. The first-order valence-corrected chi connectivity index (χ1v) is 12.5. The first-order chi connectivity index (χ1) is 16.5. The molecule has 3 aromatic rings. The van der Waals surface area contributed by atoms with Crippen LogP contribution in [0.25, 0.3) is 0 Å². The second-order valence-electron chi connectivity index (χ2n) is 8.65. The second-order valence-corrected chi connectivity index (χ2v) is 10.1. The van der Waals surface area contributed by atoms with Crippen LogP contribution in [-0.4, -0.2) is 11.8 Å². The summed E-state index contributed by atoms with van der Waals surface area (Å²) in [6, 6.07) is 21.1. The molecule has 4 nitrogen and oxygen atoms in total. The number of hydrogen-bond donors (Lipinski definition) is 1. The normalized spacial score (nSPS) is 20.1. The lowest BCUT2D eigenvalue weighted by Crippen LogP contribution is -2.36. The highest BCUT2D eigenvalue weighted by Gasteiger charge is 2.41.